The van der Waals surface area contributed by atoms with Crippen molar-refractivity contribution in [2.24, 2.45) is 0 Å². The van der Waals surface area contributed by atoms with Crippen LogP contribution in [0.5, 0.6) is 0 Å². The van der Waals surface area contributed by atoms with Gasteiger partial charge in [-0.3, -0.25) is 9.59 Å². The van der Waals surface area contributed by atoms with Gasteiger partial charge in [-0.2, -0.15) is 0 Å². The van der Waals surface area contributed by atoms with Gasteiger partial charge in [0.1, 0.15) is 27.2 Å². The first-order valence-electron chi connectivity index (χ1n) is 24.0. The number of fused-ring (bicyclic) bond motifs is 12. The average molecular weight is 923 g/mol. The Morgan fingerprint density at radius 3 is 0.955 bits per heavy atom. The summed E-state index contributed by atoms with van der Waals surface area (Å²) in [6, 6.07) is 44.6. The van der Waals surface area contributed by atoms with E-state index in [-0.39, 0.29) is 11.8 Å². The van der Waals surface area contributed by atoms with E-state index in [4.69, 9.17) is 0 Å². The number of benzene rings is 6. The molecule has 4 aliphatic heterocycles. The van der Waals surface area contributed by atoms with Gasteiger partial charge < -0.3 is 29.4 Å². The smallest absolute Gasteiger partial charge is 0.255 e. The molecule has 0 unspecified atom stereocenters. The van der Waals surface area contributed by atoms with Crippen LogP contribution in [-0.2, 0) is 11.1 Å². The Labute approximate surface area is 400 Å². The second kappa shape index (κ2) is 15.7. The molecule has 0 saturated carbocycles. The molecule has 8 nitrogen and oxygen atoms in total. The summed E-state index contributed by atoms with van der Waals surface area (Å²) in [4.78, 5) is 43.5. The van der Waals surface area contributed by atoms with Crippen molar-refractivity contribution in [3.05, 3.63) is 166 Å². The van der Waals surface area contributed by atoms with E-state index in [1.54, 1.807) is 0 Å². The molecule has 6 aromatic carbocycles. The van der Waals surface area contributed by atoms with E-state index in [1.165, 1.54) is 65.8 Å². The molecule has 0 aromatic heterocycles. The van der Waals surface area contributed by atoms with Gasteiger partial charge in [-0.05, 0) is 134 Å². The zero-order valence-corrected chi connectivity index (χ0v) is 43.6. The molecule has 4 heterocycles. The lowest BCUT2D eigenvalue weighted by Crippen LogP contribution is -2.66. The predicted octanol–water partition coefficient (Wildman–Crippen LogP) is 7.59. The Morgan fingerprint density at radius 1 is 0.388 bits per heavy atom. The zero-order chi connectivity index (χ0) is 47.5. The van der Waals surface area contributed by atoms with Gasteiger partial charge in [0.2, 0.25) is 0 Å². The van der Waals surface area contributed by atoms with Crippen molar-refractivity contribution in [3.63, 3.8) is 0 Å². The van der Waals surface area contributed by atoms with Crippen molar-refractivity contribution in [2.75, 3.05) is 89.1 Å². The van der Waals surface area contributed by atoms with Crippen LogP contribution in [0.2, 0.25) is 26.2 Å². The van der Waals surface area contributed by atoms with Crippen molar-refractivity contribution in [1.82, 2.24) is 9.80 Å². The summed E-state index contributed by atoms with van der Waals surface area (Å²) in [6.07, 6.45) is 2.45. The average Bonchev–Trinajstić information content (AvgIpc) is 3.71. The molecule has 10 rings (SSSR count). The van der Waals surface area contributed by atoms with Crippen molar-refractivity contribution < 1.29 is 9.59 Å². The monoisotopic (exact) mass is 922 g/mol. The van der Waals surface area contributed by atoms with Crippen LogP contribution < -0.4 is 40.3 Å². The highest BCUT2D eigenvalue weighted by Gasteiger charge is 2.60. The largest absolute Gasteiger partial charge is 0.378 e. The molecule has 0 saturated heterocycles. The third-order valence-corrected chi connectivity index (χ3v) is 23.0. The molecule has 4 aliphatic rings. The lowest BCUT2D eigenvalue weighted by atomic mass is 9.76. The van der Waals surface area contributed by atoms with Crippen LogP contribution in [0.1, 0.15) is 73.4 Å². The van der Waals surface area contributed by atoms with Gasteiger partial charge in [-0.25, -0.2) is 0 Å². The number of nitrogens with zero attached hydrogens (tertiary/aromatic N) is 6. The first-order chi connectivity index (χ1) is 31.9. The van der Waals surface area contributed by atoms with E-state index in [9.17, 15) is 0 Å². The number of anilines is 4. The minimum absolute atomic E-state index is 0.0859. The van der Waals surface area contributed by atoms with E-state index in [0.29, 0.717) is 13.1 Å². The predicted molar refractivity (Wildman–Crippen MR) is 285 cm³/mol. The Balaban J connectivity index is 1.04. The minimum Gasteiger partial charge on any atom is -0.378 e. The molecule has 10 heteroatoms. The van der Waals surface area contributed by atoms with Gasteiger partial charge in [0.25, 0.3) is 11.8 Å². The van der Waals surface area contributed by atoms with E-state index >= 15 is 9.59 Å². The normalized spacial score (nSPS) is 17.1. The summed E-state index contributed by atoms with van der Waals surface area (Å²) >= 11 is 0. The van der Waals surface area contributed by atoms with Crippen molar-refractivity contribution in [2.45, 2.75) is 56.5 Å². The Hall–Kier alpha value is -6.11. The number of carbonyl (C=O) groups excluding carboxylic acids is 2. The fourth-order valence-electron chi connectivity index (χ4n) is 12.4. The quantitative estimate of drug-likeness (QED) is 0.104. The summed E-state index contributed by atoms with van der Waals surface area (Å²) in [7, 11) is 12.3. The SMILES string of the molecule is CN(C)c1ccc2c(c1)[Si](C)(C)c1cc(N(C)C)ccc1C21c2ccccc2C(=O)N1CCCCCN1C(=O)c2ccccc2C12c1ccc(N(C)C)cc1[Si](C)(C)c1cc(N(C)C)ccc12. The fourth-order valence-corrected chi connectivity index (χ4v) is 18.8. The molecule has 0 atom stereocenters. The van der Waals surface area contributed by atoms with Gasteiger partial charge in [0.05, 0.1) is 0 Å². The van der Waals surface area contributed by atoms with Crippen LogP contribution in [-0.4, -0.2) is 107 Å². The number of amides is 2. The van der Waals surface area contributed by atoms with Crippen molar-refractivity contribution >= 4 is 71.5 Å². The maximum Gasteiger partial charge on any atom is 0.255 e. The highest BCUT2D eigenvalue weighted by molar-refractivity contribution is 7.02. The molecular formula is C57H66N6O2Si2. The Morgan fingerprint density at radius 2 is 0.672 bits per heavy atom. The minimum atomic E-state index is -2.27. The molecular weight excluding hydrogens is 857 g/mol. The van der Waals surface area contributed by atoms with Gasteiger partial charge in [-0.15, -0.1) is 0 Å². The number of unbranched alkanes of at least 4 members (excludes halogenated alkanes) is 2. The second-order valence-electron chi connectivity index (χ2n) is 21.2. The van der Waals surface area contributed by atoms with Crippen LogP contribution in [0, 0.1) is 0 Å². The first-order valence-corrected chi connectivity index (χ1v) is 30.0. The van der Waals surface area contributed by atoms with E-state index in [2.05, 4.69) is 209 Å². The van der Waals surface area contributed by atoms with E-state index in [0.717, 1.165) is 41.5 Å². The fraction of sp³-hybridized carbons (Fsp3) is 0.333. The highest BCUT2D eigenvalue weighted by atomic mass is 28.3. The van der Waals surface area contributed by atoms with Crippen LogP contribution in [0.15, 0.2) is 121 Å². The zero-order valence-electron chi connectivity index (χ0n) is 41.6. The molecule has 0 N–H and O–H groups in total. The van der Waals surface area contributed by atoms with Gasteiger partial charge in [-0.1, -0.05) is 86.9 Å². The Kier molecular flexibility index (Phi) is 10.5. The maximum absolute atomic E-state index is 15.1. The van der Waals surface area contributed by atoms with Gasteiger partial charge >= 0.3 is 0 Å². The highest BCUT2D eigenvalue weighted by Crippen LogP contribution is 2.53. The molecule has 6 aromatic rings. The summed E-state index contributed by atoms with van der Waals surface area (Å²) in [5.74, 6) is 0.172. The van der Waals surface area contributed by atoms with E-state index in [1.807, 2.05) is 24.3 Å². The number of carbonyl (C=O) groups is 2. The third-order valence-electron chi connectivity index (χ3n) is 16.0. The molecule has 2 amide bonds. The molecule has 0 bridgehead atoms. The lowest BCUT2D eigenvalue weighted by molar-refractivity contribution is 0.0663. The summed E-state index contributed by atoms with van der Waals surface area (Å²) in [5.41, 5.74) is 11.8. The topological polar surface area (TPSA) is 53.6 Å². The lowest BCUT2D eigenvalue weighted by Gasteiger charge is -2.50. The molecule has 0 aliphatic carbocycles. The molecule has 2 spiro atoms. The molecule has 0 fully saturated rings. The van der Waals surface area contributed by atoms with Crippen LogP contribution in [0.25, 0.3) is 0 Å². The third kappa shape index (κ3) is 6.20. The second-order valence-corrected chi connectivity index (χ2v) is 29.9. The standard InChI is InChI=1S/C57H66N6O2Si2/c1-58(2)38-24-28-46-50(34-38)66(9,10)51-35-39(59(3)4)25-29-47(51)56(46)44-22-16-14-20-42(44)54(64)62(56)32-18-13-19-33-63-55(65)43-21-15-17-23-45(43)57(63)48-30-26-40(60(5)6)36-52(48)67(11,12)53-37-41(61(7)8)27-31-49(53)57/h14-17,20-31,34-37H,13,18-19,32-33H2,1-12H3. The van der Waals surface area contributed by atoms with Crippen molar-refractivity contribution in [3.8, 4) is 0 Å². The number of rotatable bonds is 10. The summed E-state index contributed by atoms with van der Waals surface area (Å²) < 4.78 is 0. The summed E-state index contributed by atoms with van der Waals surface area (Å²) in [5, 5.41) is 5.51. The van der Waals surface area contributed by atoms with E-state index < -0.39 is 27.2 Å². The molecule has 0 radical (unpaired) electrons. The van der Waals surface area contributed by atoms with Crippen LogP contribution in [0.4, 0.5) is 22.7 Å². The maximum atomic E-state index is 15.1. The molecule has 344 valence electrons. The molecule has 67 heavy (non-hydrogen) atoms. The Bertz CT molecular complexity index is 2680. The summed E-state index contributed by atoms with van der Waals surface area (Å²) in [6.45, 7) is 11.1. The van der Waals surface area contributed by atoms with Crippen molar-refractivity contribution in [1.29, 1.82) is 0 Å². The van der Waals surface area contributed by atoms with Crippen LogP contribution >= 0.6 is 0 Å². The number of hydrogen-bond donors (Lipinski definition) is 0. The van der Waals surface area contributed by atoms with Crippen LogP contribution in [0.3, 0.4) is 0 Å². The number of hydrogen-bond acceptors (Lipinski definition) is 6. The van der Waals surface area contributed by atoms with Gasteiger partial charge in [0.15, 0.2) is 0 Å². The van der Waals surface area contributed by atoms with Gasteiger partial charge in [0, 0.05) is 103 Å². The first kappa shape index (κ1) is 44.7.